The zero-order chi connectivity index (χ0) is 11.4. The van der Waals surface area contributed by atoms with E-state index in [-0.39, 0.29) is 12.0 Å². The number of hydrogen-bond donors (Lipinski definition) is 2. The molecule has 0 unspecified atom stereocenters. The molecule has 2 N–H and O–H groups in total. The summed E-state index contributed by atoms with van der Waals surface area (Å²) in [5, 5.41) is 10.1. The van der Waals surface area contributed by atoms with Gasteiger partial charge in [0.05, 0.1) is 12.8 Å². The minimum atomic E-state index is -0.302. The minimum absolute atomic E-state index is 0.256. The zero-order valence-electron chi connectivity index (χ0n) is 9.55. The van der Waals surface area contributed by atoms with Gasteiger partial charge < -0.3 is 10.1 Å². The van der Waals surface area contributed by atoms with Gasteiger partial charge in [0.1, 0.15) is 6.04 Å². The number of nitrogens with one attached hydrogen (secondary N) is 2. The first-order valence-electron chi connectivity index (χ1n) is 4.88. The maximum Gasteiger partial charge on any atom is 0.322 e. The van der Waals surface area contributed by atoms with Gasteiger partial charge in [-0.3, -0.25) is 9.89 Å². The molecule has 0 bridgehead atoms. The predicted octanol–water partition coefficient (Wildman–Crippen LogP) is 0.678. The Kier molecular flexibility index (Phi) is 3.85. The SMILES string of the molecule is COC(=O)[C@H](C)NCc1c(C)n[nH]c1C. The molecule has 1 aromatic heterocycles. The first-order chi connectivity index (χ1) is 7.06. The average molecular weight is 211 g/mol. The summed E-state index contributed by atoms with van der Waals surface area (Å²) in [6.45, 7) is 6.28. The van der Waals surface area contributed by atoms with Crippen LogP contribution in [0.5, 0.6) is 0 Å². The summed E-state index contributed by atoms with van der Waals surface area (Å²) < 4.78 is 4.62. The molecule has 0 aromatic carbocycles. The van der Waals surface area contributed by atoms with Crippen molar-refractivity contribution in [1.29, 1.82) is 0 Å². The first kappa shape index (κ1) is 11.7. The van der Waals surface area contributed by atoms with E-state index in [0.717, 1.165) is 17.0 Å². The highest BCUT2D eigenvalue weighted by Gasteiger charge is 2.13. The van der Waals surface area contributed by atoms with E-state index in [1.807, 2.05) is 13.8 Å². The number of carbonyl (C=O) groups is 1. The molecule has 0 aliphatic heterocycles. The van der Waals surface area contributed by atoms with Crippen LogP contribution in [0, 0.1) is 13.8 Å². The first-order valence-corrected chi connectivity index (χ1v) is 4.88. The fourth-order valence-corrected chi connectivity index (χ4v) is 1.35. The van der Waals surface area contributed by atoms with Crippen LogP contribution in [0.1, 0.15) is 23.9 Å². The van der Waals surface area contributed by atoms with E-state index >= 15 is 0 Å². The van der Waals surface area contributed by atoms with Gasteiger partial charge in [-0.25, -0.2) is 0 Å². The maximum atomic E-state index is 11.1. The Balaban J connectivity index is 2.54. The zero-order valence-corrected chi connectivity index (χ0v) is 9.55. The normalized spacial score (nSPS) is 12.5. The number of aromatic amines is 1. The number of aromatic nitrogens is 2. The van der Waals surface area contributed by atoms with Crippen molar-refractivity contribution < 1.29 is 9.53 Å². The Morgan fingerprint density at radius 1 is 1.60 bits per heavy atom. The molecular weight excluding hydrogens is 194 g/mol. The number of H-pyrrole nitrogens is 1. The highest BCUT2D eigenvalue weighted by Crippen LogP contribution is 2.08. The number of nitrogens with zero attached hydrogens (tertiary/aromatic N) is 1. The number of methoxy groups -OCH3 is 1. The van der Waals surface area contributed by atoms with Gasteiger partial charge in [0.15, 0.2) is 0 Å². The van der Waals surface area contributed by atoms with E-state index in [1.165, 1.54) is 7.11 Å². The Morgan fingerprint density at radius 3 is 2.73 bits per heavy atom. The maximum absolute atomic E-state index is 11.1. The van der Waals surface area contributed by atoms with Crippen LogP contribution in [0.3, 0.4) is 0 Å². The highest BCUT2D eigenvalue weighted by molar-refractivity contribution is 5.75. The van der Waals surface area contributed by atoms with Crippen molar-refractivity contribution in [2.75, 3.05) is 7.11 Å². The molecule has 0 radical (unpaired) electrons. The number of hydrogen-bond acceptors (Lipinski definition) is 4. The molecule has 0 fully saturated rings. The molecule has 5 heteroatoms. The lowest BCUT2D eigenvalue weighted by Gasteiger charge is -2.11. The Morgan fingerprint density at radius 2 is 2.27 bits per heavy atom. The van der Waals surface area contributed by atoms with Crippen LogP contribution >= 0.6 is 0 Å². The molecule has 0 saturated heterocycles. The van der Waals surface area contributed by atoms with Crippen molar-refractivity contribution in [2.45, 2.75) is 33.4 Å². The Bertz CT molecular complexity index is 327. The van der Waals surface area contributed by atoms with Crippen LogP contribution < -0.4 is 5.32 Å². The van der Waals surface area contributed by atoms with E-state index in [0.29, 0.717) is 6.54 Å². The van der Waals surface area contributed by atoms with Crippen LogP contribution in [0.15, 0.2) is 0 Å². The fraction of sp³-hybridized carbons (Fsp3) is 0.600. The van der Waals surface area contributed by atoms with E-state index in [9.17, 15) is 4.79 Å². The summed E-state index contributed by atoms with van der Waals surface area (Å²) in [4.78, 5) is 11.1. The van der Waals surface area contributed by atoms with Crippen molar-refractivity contribution in [3.05, 3.63) is 17.0 Å². The van der Waals surface area contributed by atoms with Gasteiger partial charge in [0, 0.05) is 17.8 Å². The van der Waals surface area contributed by atoms with Gasteiger partial charge in [-0.05, 0) is 20.8 Å². The van der Waals surface area contributed by atoms with Gasteiger partial charge >= 0.3 is 5.97 Å². The van der Waals surface area contributed by atoms with Gasteiger partial charge in [0.25, 0.3) is 0 Å². The lowest BCUT2D eigenvalue weighted by atomic mass is 10.2. The van der Waals surface area contributed by atoms with Crippen molar-refractivity contribution in [3.8, 4) is 0 Å². The van der Waals surface area contributed by atoms with Gasteiger partial charge in [-0.2, -0.15) is 5.10 Å². The third kappa shape index (κ3) is 2.79. The molecule has 0 saturated carbocycles. The molecular formula is C10H17N3O2. The molecule has 84 valence electrons. The summed E-state index contributed by atoms with van der Waals surface area (Å²) in [5.41, 5.74) is 3.08. The standard InChI is InChI=1S/C10H17N3O2/c1-6-9(7(2)13-12-6)5-11-8(3)10(14)15-4/h8,11H,5H2,1-4H3,(H,12,13)/t8-/m0/s1. The monoisotopic (exact) mass is 211 g/mol. The molecule has 1 atom stereocenters. The second-order valence-electron chi connectivity index (χ2n) is 3.54. The van der Waals surface area contributed by atoms with E-state index in [2.05, 4.69) is 20.3 Å². The molecule has 0 aliphatic rings. The van der Waals surface area contributed by atoms with E-state index < -0.39 is 0 Å². The Labute approximate surface area is 89.2 Å². The van der Waals surface area contributed by atoms with E-state index in [1.54, 1.807) is 6.92 Å². The van der Waals surface area contributed by atoms with Crippen molar-refractivity contribution in [2.24, 2.45) is 0 Å². The highest BCUT2D eigenvalue weighted by atomic mass is 16.5. The van der Waals surface area contributed by atoms with Crippen molar-refractivity contribution in [3.63, 3.8) is 0 Å². The number of ether oxygens (including phenoxy) is 1. The molecule has 1 aromatic rings. The van der Waals surface area contributed by atoms with Gasteiger partial charge in [0.2, 0.25) is 0 Å². The average Bonchev–Trinajstić information content (AvgIpc) is 2.54. The molecule has 0 amide bonds. The fourth-order valence-electron chi connectivity index (χ4n) is 1.35. The van der Waals surface area contributed by atoms with Crippen molar-refractivity contribution >= 4 is 5.97 Å². The molecule has 0 aliphatic carbocycles. The lowest BCUT2D eigenvalue weighted by molar-refractivity contribution is -0.142. The summed E-state index contributed by atoms with van der Waals surface area (Å²) >= 11 is 0. The van der Waals surface area contributed by atoms with Crippen LogP contribution in [0.25, 0.3) is 0 Å². The molecule has 0 spiro atoms. The van der Waals surface area contributed by atoms with E-state index in [4.69, 9.17) is 0 Å². The number of rotatable bonds is 4. The summed E-state index contributed by atoms with van der Waals surface area (Å²) in [5.74, 6) is -0.256. The molecule has 1 rings (SSSR count). The third-order valence-electron chi connectivity index (χ3n) is 2.42. The number of aryl methyl sites for hydroxylation is 2. The smallest absolute Gasteiger partial charge is 0.322 e. The van der Waals surface area contributed by atoms with Crippen LogP contribution in [0.4, 0.5) is 0 Å². The summed E-state index contributed by atoms with van der Waals surface area (Å²) in [6.07, 6.45) is 0. The quantitative estimate of drug-likeness (QED) is 0.719. The van der Waals surface area contributed by atoms with Gasteiger partial charge in [-0.1, -0.05) is 0 Å². The number of carbonyl (C=O) groups excluding carboxylic acids is 1. The molecule has 15 heavy (non-hydrogen) atoms. The lowest BCUT2D eigenvalue weighted by Crippen LogP contribution is -2.34. The third-order valence-corrected chi connectivity index (χ3v) is 2.42. The predicted molar refractivity (Wildman–Crippen MR) is 56.4 cm³/mol. The number of esters is 1. The molecule has 5 nitrogen and oxygen atoms in total. The Hall–Kier alpha value is -1.36. The van der Waals surface area contributed by atoms with Gasteiger partial charge in [-0.15, -0.1) is 0 Å². The second-order valence-corrected chi connectivity index (χ2v) is 3.54. The van der Waals surface area contributed by atoms with Crippen LogP contribution in [-0.2, 0) is 16.1 Å². The summed E-state index contributed by atoms with van der Waals surface area (Å²) in [6, 6.07) is -0.302. The van der Waals surface area contributed by atoms with Crippen LogP contribution in [0.2, 0.25) is 0 Å². The molecule has 1 heterocycles. The van der Waals surface area contributed by atoms with Crippen molar-refractivity contribution in [1.82, 2.24) is 15.5 Å². The largest absolute Gasteiger partial charge is 0.468 e. The van der Waals surface area contributed by atoms with Crippen LogP contribution in [-0.4, -0.2) is 29.3 Å². The summed E-state index contributed by atoms with van der Waals surface area (Å²) in [7, 11) is 1.38. The second kappa shape index (κ2) is 4.93. The minimum Gasteiger partial charge on any atom is -0.468 e. The topological polar surface area (TPSA) is 67.0 Å².